The van der Waals surface area contributed by atoms with E-state index in [4.69, 9.17) is 54.7 Å². The van der Waals surface area contributed by atoms with Crippen molar-refractivity contribution in [2.75, 3.05) is 24.7 Å². The monoisotopic (exact) mass is 658 g/mol. The van der Waals surface area contributed by atoms with Crippen LogP contribution in [0.1, 0.15) is 25.5 Å². The lowest BCUT2D eigenvalue weighted by Gasteiger charge is -2.17. The number of nitrogens with one attached hydrogen (secondary N) is 1. The average Bonchev–Trinajstić information content (AvgIpc) is 3.13. The van der Waals surface area contributed by atoms with Gasteiger partial charge in [0, 0.05) is 30.7 Å². The van der Waals surface area contributed by atoms with E-state index in [2.05, 4.69) is 17.2 Å². The lowest BCUT2D eigenvalue weighted by atomic mass is 10.1. The molecule has 0 fully saturated rings. The molecule has 0 aliphatic rings. The number of nitrogens with zero attached hydrogens (tertiary/aromatic N) is 3. The van der Waals surface area contributed by atoms with Crippen LogP contribution in [0.15, 0.2) is 65.6 Å². The first-order valence-electron chi connectivity index (χ1n) is 12.9. The number of nitrogen functional groups attached to an aromatic ring is 1. The molecular formula is C26H40N6O10P2. The highest BCUT2D eigenvalue weighted by Gasteiger charge is 2.12. The van der Waals surface area contributed by atoms with E-state index in [1.807, 2.05) is 74.8 Å². The minimum atomic E-state index is -4.64. The van der Waals surface area contributed by atoms with E-state index in [1.54, 1.807) is 16.5 Å². The van der Waals surface area contributed by atoms with Crippen molar-refractivity contribution in [1.29, 1.82) is 0 Å². The van der Waals surface area contributed by atoms with Crippen LogP contribution >= 0.6 is 15.6 Å². The van der Waals surface area contributed by atoms with Crippen molar-refractivity contribution in [2.45, 2.75) is 32.7 Å². The highest BCUT2D eigenvalue weighted by Crippen LogP contribution is 2.28. The molecule has 1 atom stereocenters. The van der Waals surface area contributed by atoms with Gasteiger partial charge in [0.1, 0.15) is 11.4 Å². The summed E-state index contributed by atoms with van der Waals surface area (Å²) in [6.07, 6.45) is 3.87. The number of ether oxygens (including phenoxy) is 1. The molecule has 0 radical (unpaired) electrons. The highest BCUT2D eigenvalue weighted by molar-refractivity contribution is 7.45. The van der Waals surface area contributed by atoms with Crippen LogP contribution in [0.3, 0.4) is 0 Å². The average molecular weight is 659 g/mol. The molecule has 1 unspecified atom stereocenters. The third-order valence-corrected chi connectivity index (χ3v) is 5.76. The van der Waals surface area contributed by atoms with Crippen LogP contribution in [0.5, 0.6) is 5.75 Å². The van der Waals surface area contributed by atoms with Crippen molar-refractivity contribution in [1.82, 2.24) is 14.3 Å². The predicted octanol–water partition coefficient (Wildman–Crippen LogP) is 1.99. The van der Waals surface area contributed by atoms with Crippen LogP contribution in [0.25, 0.3) is 16.6 Å². The Bertz CT molecular complexity index is 1580. The number of benzene rings is 2. The van der Waals surface area contributed by atoms with Crippen molar-refractivity contribution in [3.63, 3.8) is 0 Å². The summed E-state index contributed by atoms with van der Waals surface area (Å²) in [6, 6.07) is 17.8. The van der Waals surface area contributed by atoms with Gasteiger partial charge in [0.25, 0.3) is 5.56 Å². The van der Waals surface area contributed by atoms with Gasteiger partial charge in [-0.15, -0.1) is 0 Å². The second kappa shape index (κ2) is 17.7. The molecular weight excluding hydrogens is 618 g/mol. The molecule has 0 saturated heterocycles. The SMILES string of the molecule is COc1cc(NC(C)CCCN)c2ncccc2c1.Cc1c(N)c(=O)n(-c2ccccc2)n1C.O=P(O)(O)O.O=P(O)(O)O. The molecule has 0 amide bonds. The molecule has 44 heavy (non-hydrogen) atoms. The summed E-state index contributed by atoms with van der Waals surface area (Å²) in [4.78, 5) is 59.4. The van der Waals surface area contributed by atoms with E-state index in [1.165, 1.54) is 0 Å². The van der Waals surface area contributed by atoms with Crippen LogP contribution < -0.4 is 27.1 Å². The number of para-hydroxylation sites is 1. The maximum atomic E-state index is 11.8. The predicted molar refractivity (Wildman–Crippen MR) is 168 cm³/mol. The fourth-order valence-corrected chi connectivity index (χ4v) is 3.74. The van der Waals surface area contributed by atoms with Gasteiger partial charge in [-0.3, -0.25) is 14.5 Å². The number of pyridine rings is 1. The van der Waals surface area contributed by atoms with Crippen molar-refractivity contribution in [3.05, 3.63) is 76.8 Å². The maximum absolute atomic E-state index is 11.8. The van der Waals surface area contributed by atoms with Crippen molar-refractivity contribution in [2.24, 2.45) is 12.8 Å². The first-order valence-corrected chi connectivity index (χ1v) is 16.1. The van der Waals surface area contributed by atoms with Gasteiger partial charge in [-0.25, -0.2) is 13.8 Å². The van der Waals surface area contributed by atoms with Crippen molar-refractivity contribution in [3.8, 4) is 11.4 Å². The molecule has 18 heteroatoms. The quantitative estimate of drug-likeness (QED) is 0.129. The van der Waals surface area contributed by atoms with Crippen LogP contribution in [0.4, 0.5) is 11.4 Å². The maximum Gasteiger partial charge on any atom is 0.466 e. The van der Waals surface area contributed by atoms with Crippen LogP contribution in [-0.2, 0) is 16.2 Å². The number of rotatable bonds is 7. The first-order chi connectivity index (χ1) is 20.4. The molecule has 2 aromatic carbocycles. The van der Waals surface area contributed by atoms with Crippen LogP contribution in [-0.4, -0.2) is 63.4 Å². The fraction of sp³-hybridized carbons (Fsp3) is 0.308. The first kappa shape index (κ1) is 38.5. The smallest absolute Gasteiger partial charge is 0.466 e. The molecule has 2 heterocycles. The largest absolute Gasteiger partial charge is 0.497 e. The second-order valence-electron chi connectivity index (χ2n) is 9.23. The van der Waals surface area contributed by atoms with E-state index >= 15 is 0 Å². The van der Waals surface area contributed by atoms with Gasteiger partial charge >= 0.3 is 15.6 Å². The van der Waals surface area contributed by atoms with E-state index in [0.29, 0.717) is 11.7 Å². The Hall–Kier alpha value is -3.56. The molecule has 244 valence electrons. The Morgan fingerprint density at radius 3 is 2.05 bits per heavy atom. The van der Waals surface area contributed by atoms with Gasteiger partial charge in [0.05, 0.1) is 29.7 Å². The molecule has 4 aromatic rings. The van der Waals surface area contributed by atoms with E-state index in [-0.39, 0.29) is 5.56 Å². The number of aromatic nitrogens is 3. The Morgan fingerprint density at radius 2 is 1.57 bits per heavy atom. The standard InChI is InChI=1S/C15H21N3O.C11H13N3O.2H3O4P/c1-11(5-3-7-16)18-14-10-13(19-2)9-12-6-4-8-17-15(12)14;1-8-10(12)11(15)14(13(8)2)9-6-4-3-5-7-9;2*1-5(2,3)4/h4,6,8-11,18H,3,5,7,16H2,1-2H3;3-7H,12H2,1-2H3;2*(H3,1,2,3,4). The zero-order valence-electron chi connectivity index (χ0n) is 24.7. The molecule has 11 N–H and O–H groups in total. The van der Waals surface area contributed by atoms with Gasteiger partial charge in [-0.2, -0.15) is 0 Å². The molecule has 4 rings (SSSR count). The number of phosphoric acid groups is 2. The summed E-state index contributed by atoms with van der Waals surface area (Å²) in [5.74, 6) is 0.842. The van der Waals surface area contributed by atoms with Gasteiger partial charge < -0.3 is 50.9 Å². The number of hydrogen-bond donors (Lipinski definition) is 9. The zero-order valence-corrected chi connectivity index (χ0v) is 26.5. The van der Waals surface area contributed by atoms with E-state index in [9.17, 15) is 4.79 Å². The summed E-state index contributed by atoms with van der Waals surface area (Å²) >= 11 is 0. The summed E-state index contributed by atoms with van der Waals surface area (Å²) in [6.45, 7) is 4.71. The van der Waals surface area contributed by atoms with Crippen molar-refractivity contribution >= 4 is 37.9 Å². The van der Waals surface area contributed by atoms with Crippen LogP contribution in [0.2, 0.25) is 0 Å². The third-order valence-electron chi connectivity index (χ3n) is 5.76. The third kappa shape index (κ3) is 14.3. The number of methoxy groups -OCH3 is 1. The van der Waals surface area contributed by atoms with E-state index < -0.39 is 15.6 Å². The Kier molecular flexibility index (Phi) is 15.4. The fourth-order valence-electron chi connectivity index (χ4n) is 3.74. The topological polar surface area (TPSA) is 269 Å². The highest BCUT2D eigenvalue weighted by atomic mass is 31.2. The second-order valence-corrected chi connectivity index (χ2v) is 11.3. The number of nitrogens with two attached hydrogens (primary N) is 2. The summed E-state index contributed by atoms with van der Waals surface area (Å²) in [5, 5.41) is 4.58. The summed E-state index contributed by atoms with van der Waals surface area (Å²) < 4.78 is 26.4. The lowest BCUT2D eigenvalue weighted by Crippen LogP contribution is -2.20. The molecule has 0 saturated carbocycles. The molecule has 0 spiro atoms. The Labute approximate surface area is 254 Å². The van der Waals surface area contributed by atoms with E-state index in [0.717, 1.165) is 53.1 Å². The van der Waals surface area contributed by atoms with Gasteiger partial charge in [0.2, 0.25) is 0 Å². The zero-order chi connectivity index (χ0) is 33.7. The molecule has 0 aliphatic heterocycles. The minimum absolute atomic E-state index is 0.166. The van der Waals surface area contributed by atoms with Gasteiger partial charge in [-0.1, -0.05) is 24.3 Å². The molecule has 0 bridgehead atoms. The molecule has 16 nitrogen and oxygen atoms in total. The minimum Gasteiger partial charge on any atom is -0.497 e. The molecule has 2 aromatic heterocycles. The Morgan fingerprint density at radius 1 is 1.00 bits per heavy atom. The number of fused-ring (bicyclic) bond motifs is 1. The Balaban J connectivity index is 0.000000343. The molecule has 0 aliphatic carbocycles. The van der Waals surface area contributed by atoms with Gasteiger partial charge in [-0.05, 0) is 57.5 Å². The normalized spacial score (nSPS) is 11.6. The number of anilines is 2. The summed E-state index contributed by atoms with van der Waals surface area (Å²) in [7, 11) is -5.78. The van der Waals surface area contributed by atoms with Gasteiger partial charge in [0.15, 0.2) is 0 Å². The van der Waals surface area contributed by atoms with Crippen LogP contribution in [0, 0.1) is 6.92 Å². The number of hydrogen-bond acceptors (Lipinski definition) is 8. The lowest BCUT2D eigenvalue weighted by molar-refractivity contribution is 0.272. The van der Waals surface area contributed by atoms with Crippen molar-refractivity contribution < 1.29 is 43.2 Å². The summed E-state index contributed by atoms with van der Waals surface area (Å²) in [5.41, 5.74) is 15.0.